The van der Waals surface area contributed by atoms with Gasteiger partial charge < -0.3 is 9.47 Å². The van der Waals surface area contributed by atoms with E-state index in [1.54, 1.807) is 0 Å². The molecule has 4 atom stereocenters. The van der Waals surface area contributed by atoms with Gasteiger partial charge in [-0.2, -0.15) is 48.3 Å². The minimum atomic E-state index is -6.64. The molecule has 1 heterocycles. The first-order valence-electron chi connectivity index (χ1n) is 7.38. The maximum atomic E-state index is 13.8. The van der Waals surface area contributed by atoms with Crippen LogP contribution in [0.3, 0.4) is 0 Å². The highest BCUT2D eigenvalue weighted by molar-refractivity contribution is 4.91. The molecule has 1 saturated heterocycles. The van der Waals surface area contributed by atoms with E-state index in [4.69, 9.17) is 0 Å². The Morgan fingerprint density at radius 2 is 1.20 bits per heavy atom. The van der Waals surface area contributed by atoms with E-state index in [9.17, 15) is 65.9 Å². The predicted octanol–water partition coefficient (Wildman–Crippen LogP) is 4.97. The lowest BCUT2D eigenvalue weighted by atomic mass is 10.0. The van der Waals surface area contributed by atoms with E-state index in [-0.39, 0.29) is 0 Å². The molecule has 18 heteroatoms. The van der Waals surface area contributed by atoms with Crippen LogP contribution in [-0.2, 0) is 9.47 Å². The topological polar surface area (TPSA) is 21.7 Å². The maximum Gasteiger partial charge on any atom is 0.469 e. The SMILES string of the molecule is FC(C(F)(F)F)C(F)(F)CC1COC(C(F)(F)C(F)N(C(F)(F)F)C(F)(F)F)CO1. The Kier molecular flexibility index (Phi) is 7.52. The monoisotopic (exact) mass is 485 g/mol. The summed E-state index contributed by atoms with van der Waals surface area (Å²) in [7, 11) is 0. The summed E-state index contributed by atoms with van der Waals surface area (Å²) >= 11 is 0. The lowest BCUT2D eigenvalue weighted by Crippen LogP contribution is -2.63. The van der Waals surface area contributed by atoms with E-state index in [1.165, 1.54) is 0 Å². The fourth-order valence-electron chi connectivity index (χ4n) is 2.26. The average Bonchev–Trinajstić information content (AvgIpc) is 2.50. The highest BCUT2D eigenvalue weighted by Crippen LogP contribution is 2.43. The molecular weight excluding hydrogens is 475 g/mol. The van der Waals surface area contributed by atoms with E-state index in [0.29, 0.717) is 0 Å². The van der Waals surface area contributed by atoms with Crippen LogP contribution in [0.25, 0.3) is 0 Å². The molecule has 0 aromatic carbocycles. The third-order valence-corrected chi connectivity index (χ3v) is 3.64. The normalized spacial score (nSPS) is 24.8. The summed E-state index contributed by atoms with van der Waals surface area (Å²) < 4.78 is 199. The molecule has 1 rings (SSSR count). The van der Waals surface area contributed by atoms with Crippen LogP contribution in [0.15, 0.2) is 0 Å². The van der Waals surface area contributed by atoms with Gasteiger partial charge in [-0.1, -0.05) is 4.90 Å². The van der Waals surface area contributed by atoms with Crippen LogP contribution in [0.1, 0.15) is 6.42 Å². The molecule has 0 amide bonds. The van der Waals surface area contributed by atoms with E-state index in [1.807, 2.05) is 0 Å². The van der Waals surface area contributed by atoms with Crippen molar-refractivity contribution in [3.8, 4) is 0 Å². The van der Waals surface area contributed by atoms with Crippen molar-refractivity contribution in [2.75, 3.05) is 13.2 Å². The zero-order valence-corrected chi connectivity index (χ0v) is 13.9. The number of halogens is 15. The van der Waals surface area contributed by atoms with Gasteiger partial charge in [0.25, 0.3) is 12.1 Å². The molecule has 0 aromatic heterocycles. The maximum absolute atomic E-state index is 13.8. The number of nitrogens with zero attached hydrogens (tertiary/aromatic N) is 1. The molecule has 0 spiro atoms. The summed E-state index contributed by atoms with van der Waals surface area (Å²) in [6, 6.07) is 0. The van der Waals surface area contributed by atoms with Gasteiger partial charge in [-0.05, 0) is 0 Å². The minimum Gasteiger partial charge on any atom is -0.373 e. The molecule has 0 N–H and O–H groups in total. The Bertz CT molecular complexity index is 549. The Morgan fingerprint density at radius 3 is 1.53 bits per heavy atom. The fourth-order valence-corrected chi connectivity index (χ4v) is 2.26. The summed E-state index contributed by atoms with van der Waals surface area (Å²) in [5.74, 6) is -10.7. The standard InChI is InChI=1S/C12H10F15NO2/c13-6(10(19,20)21)8(15,16)1-4-2-30-5(3-29-4)9(17,18)7(14)28(11(22,23)24)12(25,26)27/h4-7H,1-3H2. The third-order valence-electron chi connectivity index (χ3n) is 3.64. The van der Waals surface area contributed by atoms with Gasteiger partial charge >= 0.3 is 24.7 Å². The first-order valence-corrected chi connectivity index (χ1v) is 7.38. The summed E-state index contributed by atoms with van der Waals surface area (Å²) in [4.78, 5) is -3.07. The van der Waals surface area contributed by atoms with Crippen molar-refractivity contribution >= 4 is 0 Å². The van der Waals surface area contributed by atoms with Gasteiger partial charge in [-0.15, -0.1) is 0 Å². The second-order valence-corrected chi connectivity index (χ2v) is 5.96. The first kappa shape index (κ1) is 26.9. The largest absolute Gasteiger partial charge is 0.469 e. The van der Waals surface area contributed by atoms with Crippen LogP contribution >= 0.6 is 0 Å². The van der Waals surface area contributed by atoms with Crippen molar-refractivity contribution < 1.29 is 75.3 Å². The highest BCUT2D eigenvalue weighted by atomic mass is 19.4. The van der Waals surface area contributed by atoms with Crippen LogP contribution in [-0.4, -0.2) is 73.4 Å². The van der Waals surface area contributed by atoms with Crippen LogP contribution in [0.2, 0.25) is 0 Å². The molecule has 4 unspecified atom stereocenters. The van der Waals surface area contributed by atoms with Gasteiger partial charge in [0, 0.05) is 6.42 Å². The van der Waals surface area contributed by atoms with Crippen molar-refractivity contribution in [3.63, 3.8) is 0 Å². The molecule has 0 aromatic rings. The minimum absolute atomic E-state index is 1.52. The highest BCUT2D eigenvalue weighted by Gasteiger charge is 2.66. The van der Waals surface area contributed by atoms with Gasteiger partial charge in [0.15, 0.2) is 0 Å². The molecule has 3 nitrogen and oxygen atoms in total. The molecular formula is C12H10F15NO2. The second-order valence-electron chi connectivity index (χ2n) is 5.96. The number of alkyl halides is 15. The van der Waals surface area contributed by atoms with E-state index in [2.05, 4.69) is 9.47 Å². The van der Waals surface area contributed by atoms with Crippen molar-refractivity contribution in [3.05, 3.63) is 0 Å². The van der Waals surface area contributed by atoms with Gasteiger partial charge in [0.2, 0.25) is 6.30 Å². The number of ether oxygens (including phenoxy) is 2. The third kappa shape index (κ3) is 6.18. The summed E-state index contributed by atoms with van der Waals surface area (Å²) in [6.07, 6.45) is -36.5. The molecule has 1 aliphatic rings. The average molecular weight is 485 g/mol. The Hall–Kier alpha value is -1.17. The molecule has 1 fully saturated rings. The van der Waals surface area contributed by atoms with Crippen LogP contribution in [0.5, 0.6) is 0 Å². The Labute approximate surface area is 156 Å². The Balaban J connectivity index is 2.86. The summed E-state index contributed by atoms with van der Waals surface area (Å²) in [5, 5.41) is 0. The fraction of sp³-hybridized carbons (Fsp3) is 1.00. The second kappa shape index (κ2) is 8.40. The quantitative estimate of drug-likeness (QED) is 0.392. The first-order chi connectivity index (χ1) is 13.1. The number of rotatable bonds is 6. The lowest BCUT2D eigenvalue weighted by Gasteiger charge is -2.39. The number of hydrogen-bond donors (Lipinski definition) is 0. The zero-order chi connectivity index (χ0) is 23.9. The van der Waals surface area contributed by atoms with E-state index < -0.39 is 79.8 Å². The van der Waals surface area contributed by atoms with Gasteiger partial charge in [0.05, 0.1) is 19.3 Å². The van der Waals surface area contributed by atoms with Crippen LogP contribution < -0.4 is 0 Å². The van der Waals surface area contributed by atoms with Crippen LogP contribution in [0.4, 0.5) is 65.9 Å². The molecule has 0 radical (unpaired) electrons. The van der Waals surface area contributed by atoms with Crippen molar-refractivity contribution in [1.82, 2.24) is 4.90 Å². The summed E-state index contributed by atoms with van der Waals surface area (Å²) in [6.45, 7) is -3.30. The zero-order valence-electron chi connectivity index (χ0n) is 13.9. The van der Waals surface area contributed by atoms with E-state index in [0.717, 1.165) is 0 Å². The lowest BCUT2D eigenvalue weighted by molar-refractivity contribution is -0.420. The molecule has 30 heavy (non-hydrogen) atoms. The molecule has 0 saturated carbocycles. The van der Waals surface area contributed by atoms with E-state index >= 15 is 0 Å². The van der Waals surface area contributed by atoms with Gasteiger partial charge in [-0.25, -0.2) is 17.6 Å². The van der Waals surface area contributed by atoms with Crippen molar-refractivity contribution in [2.24, 2.45) is 0 Å². The van der Waals surface area contributed by atoms with Gasteiger partial charge in [-0.3, -0.25) is 0 Å². The van der Waals surface area contributed by atoms with Crippen molar-refractivity contribution in [2.45, 2.75) is 61.7 Å². The molecule has 180 valence electrons. The van der Waals surface area contributed by atoms with Crippen LogP contribution in [0, 0.1) is 0 Å². The molecule has 0 bridgehead atoms. The summed E-state index contributed by atoms with van der Waals surface area (Å²) in [5.41, 5.74) is 0. The Morgan fingerprint density at radius 1 is 0.733 bits per heavy atom. The predicted molar refractivity (Wildman–Crippen MR) is 63.8 cm³/mol. The molecule has 1 aliphatic heterocycles. The van der Waals surface area contributed by atoms with Crippen molar-refractivity contribution in [1.29, 1.82) is 0 Å². The molecule has 0 aliphatic carbocycles. The van der Waals surface area contributed by atoms with Gasteiger partial charge in [0.1, 0.15) is 6.10 Å². The number of hydrogen-bond acceptors (Lipinski definition) is 3. The smallest absolute Gasteiger partial charge is 0.373 e.